The summed E-state index contributed by atoms with van der Waals surface area (Å²) >= 11 is 0. The van der Waals surface area contributed by atoms with Crippen LogP contribution in [0.5, 0.6) is 0 Å². The van der Waals surface area contributed by atoms with E-state index < -0.39 is 0 Å². The maximum atomic E-state index is 10.1. The zero-order valence-corrected chi connectivity index (χ0v) is 9.77. The third-order valence-electron chi connectivity index (χ3n) is 2.80. The summed E-state index contributed by atoms with van der Waals surface area (Å²) in [6.45, 7) is 4.05. The lowest BCUT2D eigenvalue weighted by atomic mass is 10.00. The Morgan fingerprint density at radius 2 is 2.06 bits per heavy atom. The number of aromatic nitrogens is 1. The number of hydrogen-bond donors (Lipinski definition) is 1. The number of benzene rings is 1. The standard InChI is InChI=1S/C14H17NO/c1-3-6-14(16)12-9-10(2)15-13-8-5-4-7-11(12)13/h4-5,7-9,14,16H,3,6H2,1-2H3. The SMILES string of the molecule is CCCC(O)c1cc(C)nc2ccccc12. The molecule has 1 atom stereocenters. The van der Waals surface area contributed by atoms with Crippen LogP contribution >= 0.6 is 0 Å². The minimum Gasteiger partial charge on any atom is -0.388 e. The van der Waals surface area contributed by atoms with Gasteiger partial charge in [-0.1, -0.05) is 31.5 Å². The smallest absolute Gasteiger partial charge is 0.0797 e. The van der Waals surface area contributed by atoms with Crippen LogP contribution in [-0.2, 0) is 0 Å². The molecule has 0 saturated heterocycles. The molecule has 1 N–H and O–H groups in total. The number of rotatable bonds is 3. The molecule has 84 valence electrons. The zero-order valence-electron chi connectivity index (χ0n) is 9.77. The predicted octanol–water partition coefficient (Wildman–Crippen LogP) is 3.38. The van der Waals surface area contributed by atoms with Crippen molar-refractivity contribution in [1.29, 1.82) is 0 Å². The number of aliphatic hydroxyl groups excluding tert-OH is 1. The van der Waals surface area contributed by atoms with Crippen LogP contribution in [0.25, 0.3) is 10.9 Å². The van der Waals surface area contributed by atoms with Gasteiger partial charge in [0, 0.05) is 11.1 Å². The lowest BCUT2D eigenvalue weighted by molar-refractivity contribution is 0.168. The first-order valence-corrected chi connectivity index (χ1v) is 5.76. The average Bonchev–Trinajstić information content (AvgIpc) is 2.28. The largest absolute Gasteiger partial charge is 0.388 e. The van der Waals surface area contributed by atoms with Crippen LogP contribution in [-0.4, -0.2) is 10.1 Å². The Morgan fingerprint density at radius 1 is 1.31 bits per heavy atom. The van der Waals surface area contributed by atoms with Crippen LogP contribution in [0.15, 0.2) is 30.3 Å². The summed E-state index contributed by atoms with van der Waals surface area (Å²) in [7, 11) is 0. The van der Waals surface area contributed by atoms with Crippen molar-refractivity contribution in [3.8, 4) is 0 Å². The van der Waals surface area contributed by atoms with Crippen molar-refractivity contribution < 1.29 is 5.11 Å². The molecule has 0 fully saturated rings. The average molecular weight is 215 g/mol. The fraction of sp³-hybridized carbons (Fsp3) is 0.357. The van der Waals surface area contributed by atoms with Gasteiger partial charge in [-0.15, -0.1) is 0 Å². The second-order valence-electron chi connectivity index (χ2n) is 4.17. The number of para-hydroxylation sites is 1. The molecule has 1 aromatic carbocycles. The molecule has 0 aliphatic rings. The van der Waals surface area contributed by atoms with E-state index in [0.717, 1.165) is 35.0 Å². The molecule has 0 radical (unpaired) electrons. The van der Waals surface area contributed by atoms with Gasteiger partial charge in [0.05, 0.1) is 11.6 Å². The number of fused-ring (bicyclic) bond motifs is 1. The minimum absolute atomic E-state index is 0.378. The molecular formula is C14H17NO. The van der Waals surface area contributed by atoms with E-state index in [9.17, 15) is 5.11 Å². The monoisotopic (exact) mass is 215 g/mol. The van der Waals surface area contributed by atoms with E-state index in [2.05, 4.69) is 11.9 Å². The molecule has 0 spiro atoms. The van der Waals surface area contributed by atoms with E-state index in [1.807, 2.05) is 37.3 Å². The molecule has 0 amide bonds. The van der Waals surface area contributed by atoms with E-state index >= 15 is 0 Å². The summed E-state index contributed by atoms with van der Waals surface area (Å²) in [4.78, 5) is 4.47. The zero-order chi connectivity index (χ0) is 11.5. The van der Waals surface area contributed by atoms with Crippen LogP contribution < -0.4 is 0 Å². The lowest BCUT2D eigenvalue weighted by Crippen LogP contribution is -2.00. The first kappa shape index (κ1) is 11.1. The van der Waals surface area contributed by atoms with Gasteiger partial charge >= 0.3 is 0 Å². The van der Waals surface area contributed by atoms with E-state index in [1.54, 1.807) is 0 Å². The second kappa shape index (κ2) is 4.62. The normalized spacial score (nSPS) is 12.9. The number of nitrogens with zero attached hydrogens (tertiary/aromatic N) is 1. The number of aliphatic hydroxyl groups is 1. The van der Waals surface area contributed by atoms with Gasteiger partial charge in [-0.05, 0) is 31.0 Å². The summed E-state index contributed by atoms with van der Waals surface area (Å²) in [5, 5.41) is 11.2. The minimum atomic E-state index is -0.378. The molecule has 2 nitrogen and oxygen atoms in total. The Hall–Kier alpha value is -1.41. The summed E-state index contributed by atoms with van der Waals surface area (Å²) in [6.07, 6.45) is 1.40. The highest BCUT2D eigenvalue weighted by molar-refractivity contribution is 5.82. The molecule has 0 saturated carbocycles. The highest BCUT2D eigenvalue weighted by Gasteiger charge is 2.11. The van der Waals surface area contributed by atoms with Crippen molar-refractivity contribution in [1.82, 2.24) is 4.98 Å². The quantitative estimate of drug-likeness (QED) is 0.851. The molecule has 16 heavy (non-hydrogen) atoms. The summed E-state index contributed by atoms with van der Waals surface area (Å²) < 4.78 is 0. The summed E-state index contributed by atoms with van der Waals surface area (Å²) in [6, 6.07) is 9.97. The molecule has 2 aromatic rings. The Balaban J connectivity index is 2.58. The van der Waals surface area contributed by atoms with Crippen LogP contribution in [0.2, 0.25) is 0 Å². The molecular weight excluding hydrogens is 198 g/mol. The lowest BCUT2D eigenvalue weighted by Gasteiger charge is -2.13. The van der Waals surface area contributed by atoms with Gasteiger partial charge in [0.15, 0.2) is 0 Å². The maximum Gasteiger partial charge on any atom is 0.0797 e. The molecule has 0 aliphatic heterocycles. The van der Waals surface area contributed by atoms with Gasteiger partial charge in [0.2, 0.25) is 0 Å². The number of aryl methyl sites for hydroxylation is 1. The Bertz CT molecular complexity index is 493. The highest BCUT2D eigenvalue weighted by atomic mass is 16.3. The van der Waals surface area contributed by atoms with Crippen molar-refractivity contribution in [2.24, 2.45) is 0 Å². The van der Waals surface area contributed by atoms with Gasteiger partial charge in [-0.3, -0.25) is 4.98 Å². The molecule has 2 heteroatoms. The highest BCUT2D eigenvalue weighted by Crippen LogP contribution is 2.26. The molecule has 1 heterocycles. The van der Waals surface area contributed by atoms with Crippen LogP contribution in [0, 0.1) is 6.92 Å². The van der Waals surface area contributed by atoms with Gasteiger partial charge in [0.1, 0.15) is 0 Å². The second-order valence-corrected chi connectivity index (χ2v) is 4.17. The molecule has 0 aliphatic carbocycles. The third-order valence-corrected chi connectivity index (χ3v) is 2.80. The summed E-state index contributed by atoms with van der Waals surface area (Å²) in [5.41, 5.74) is 2.93. The molecule has 1 unspecified atom stereocenters. The topological polar surface area (TPSA) is 33.1 Å². The van der Waals surface area contributed by atoms with Crippen molar-refractivity contribution in [2.45, 2.75) is 32.8 Å². The predicted molar refractivity (Wildman–Crippen MR) is 66.3 cm³/mol. The molecule has 2 rings (SSSR count). The Kier molecular flexibility index (Phi) is 3.20. The Labute approximate surface area is 96.0 Å². The van der Waals surface area contributed by atoms with E-state index in [-0.39, 0.29) is 6.10 Å². The van der Waals surface area contributed by atoms with E-state index in [1.165, 1.54) is 0 Å². The van der Waals surface area contributed by atoms with Gasteiger partial charge in [0.25, 0.3) is 0 Å². The number of hydrogen-bond acceptors (Lipinski definition) is 2. The maximum absolute atomic E-state index is 10.1. The van der Waals surface area contributed by atoms with Crippen molar-refractivity contribution in [3.63, 3.8) is 0 Å². The molecule has 1 aromatic heterocycles. The van der Waals surface area contributed by atoms with Crippen molar-refractivity contribution >= 4 is 10.9 Å². The fourth-order valence-electron chi connectivity index (χ4n) is 2.04. The molecule has 0 bridgehead atoms. The van der Waals surface area contributed by atoms with Crippen molar-refractivity contribution in [3.05, 3.63) is 41.6 Å². The van der Waals surface area contributed by atoms with Crippen LogP contribution in [0.3, 0.4) is 0 Å². The van der Waals surface area contributed by atoms with E-state index in [4.69, 9.17) is 0 Å². The van der Waals surface area contributed by atoms with Gasteiger partial charge < -0.3 is 5.11 Å². The van der Waals surface area contributed by atoms with Gasteiger partial charge in [-0.25, -0.2) is 0 Å². The first-order chi connectivity index (χ1) is 7.72. The summed E-state index contributed by atoms with van der Waals surface area (Å²) in [5.74, 6) is 0. The van der Waals surface area contributed by atoms with Gasteiger partial charge in [-0.2, -0.15) is 0 Å². The van der Waals surface area contributed by atoms with Crippen LogP contribution in [0.1, 0.15) is 37.1 Å². The van der Waals surface area contributed by atoms with Crippen LogP contribution in [0.4, 0.5) is 0 Å². The van der Waals surface area contributed by atoms with E-state index in [0.29, 0.717) is 0 Å². The third kappa shape index (κ3) is 2.07. The first-order valence-electron chi connectivity index (χ1n) is 5.76. The Morgan fingerprint density at radius 3 is 2.81 bits per heavy atom. The number of pyridine rings is 1. The fourth-order valence-corrected chi connectivity index (χ4v) is 2.04. The van der Waals surface area contributed by atoms with Crippen molar-refractivity contribution in [2.75, 3.05) is 0 Å².